The summed E-state index contributed by atoms with van der Waals surface area (Å²) in [6.45, 7) is 8.42. The SMILES string of the molecule is COCCC(O)COCCCC(C)(C)C. The van der Waals surface area contributed by atoms with E-state index in [9.17, 15) is 5.11 Å². The molecule has 0 spiro atoms. The second-order valence-electron chi connectivity index (χ2n) is 5.17. The average molecular weight is 218 g/mol. The van der Waals surface area contributed by atoms with Gasteiger partial charge in [-0.25, -0.2) is 0 Å². The van der Waals surface area contributed by atoms with Crippen molar-refractivity contribution in [2.24, 2.45) is 5.41 Å². The van der Waals surface area contributed by atoms with Crippen LogP contribution < -0.4 is 0 Å². The average Bonchev–Trinajstić information content (AvgIpc) is 2.12. The van der Waals surface area contributed by atoms with Gasteiger partial charge in [0.15, 0.2) is 0 Å². The standard InChI is InChI=1S/C12H26O3/c1-12(2,3)7-5-8-15-10-11(13)6-9-14-4/h11,13H,5-10H2,1-4H3. The smallest absolute Gasteiger partial charge is 0.0795 e. The molecule has 3 nitrogen and oxygen atoms in total. The lowest BCUT2D eigenvalue weighted by atomic mass is 9.91. The summed E-state index contributed by atoms with van der Waals surface area (Å²) in [5.41, 5.74) is 0.373. The van der Waals surface area contributed by atoms with Crippen molar-refractivity contribution < 1.29 is 14.6 Å². The first-order valence-corrected chi connectivity index (χ1v) is 5.70. The summed E-state index contributed by atoms with van der Waals surface area (Å²) in [6, 6.07) is 0. The fourth-order valence-corrected chi connectivity index (χ4v) is 1.26. The molecule has 1 unspecified atom stereocenters. The van der Waals surface area contributed by atoms with Crippen LogP contribution in [0.5, 0.6) is 0 Å². The molecule has 0 aromatic rings. The van der Waals surface area contributed by atoms with Crippen molar-refractivity contribution in [3.63, 3.8) is 0 Å². The molecule has 0 radical (unpaired) electrons. The molecule has 0 aliphatic heterocycles. The van der Waals surface area contributed by atoms with Crippen LogP contribution in [0.3, 0.4) is 0 Å². The van der Waals surface area contributed by atoms with E-state index in [4.69, 9.17) is 9.47 Å². The lowest BCUT2D eigenvalue weighted by Gasteiger charge is -2.18. The summed E-state index contributed by atoms with van der Waals surface area (Å²) >= 11 is 0. The molecule has 0 saturated heterocycles. The Kier molecular flexibility index (Phi) is 8.02. The third kappa shape index (κ3) is 11.8. The molecule has 0 aromatic heterocycles. The second-order valence-corrected chi connectivity index (χ2v) is 5.17. The molecular formula is C12H26O3. The first-order chi connectivity index (χ1) is 6.95. The van der Waals surface area contributed by atoms with E-state index in [0.717, 1.165) is 19.4 Å². The first kappa shape index (κ1) is 14.9. The van der Waals surface area contributed by atoms with E-state index in [1.165, 1.54) is 0 Å². The Morgan fingerprint density at radius 2 is 1.87 bits per heavy atom. The number of methoxy groups -OCH3 is 1. The van der Waals surface area contributed by atoms with Gasteiger partial charge >= 0.3 is 0 Å². The molecule has 0 saturated carbocycles. The van der Waals surface area contributed by atoms with Crippen LogP contribution in [0, 0.1) is 5.41 Å². The highest BCUT2D eigenvalue weighted by Crippen LogP contribution is 2.20. The molecule has 1 atom stereocenters. The normalized spacial score (nSPS) is 14.2. The Bertz CT molecular complexity index is 140. The fourth-order valence-electron chi connectivity index (χ4n) is 1.26. The predicted molar refractivity (Wildman–Crippen MR) is 62.0 cm³/mol. The summed E-state index contributed by atoms with van der Waals surface area (Å²) in [7, 11) is 1.64. The van der Waals surface area contributed by atoms with E-state index in [-0.39, 0.29) is 6.10 Å². The first-order valence-electron chi connectivity index (χ1n) is 5.70. The third-order valence-corrected chi connectivity index (χ3v) is 2.18. The van der Waals surface area contributed by atoms with Crippen LogP contribution in [0.4, 0.5) is 0 Å². The van der Waals surface area contributed by atoms with Crippen LogP contribution in [0.25, 0.3) is 0 Å². The monoisotopic (exact) mass is 218 g/mol. The molecular weight excluding hydrogens is 192 g/mol. The highest BCUT2D eigenvalue weighted by atomic mass is 16.5. The quantitative estimate of drug-likeness (QED) is 0.635. The summed E-state index contributed by atoms with van der Waals surface area (Å²) in [4.78, 5) is 0. The Balaban J connectivity index is 3.23. The van der Waals surface area contributed by atoms with Crippen molar-refractivity contribution in [2.75, 3.05) is 26.9 Å². The Labute approximate surface area is 93.8 Å². The van der Waals surface area contributed by atoms with E-state index in [2.05, 4.69) is 20.8 Å². The zero-order valence-electron chi connectivity index (χ0n) is 10.6. The highest BCUT2D eigenvalue weighted by Gasteiger charge is 2.09. The summed E-state index contributed by atoms with van der Waals surface area (Å²) < 4.78 is 10.3. The van der Waals surface area contributed by atoms with Gasteiger partial charge in [-0.3, -0.25) is 0 Å². The second kappa shape index (κ2) is 8.08. The van der Waals surface area contributed by atoms with Gasteiger partial charge in [0.05, 0.1) is 12.7 Å². The summed E-state index contributed by atoms with van der Waals surface area (Å²) in [5.74, 6) is 0. The van der Waals surface area contributed by atoms with E-state index in [1.807, 2.05) is 0 Å². The lowest BCUT2D eigenvalue weighted by Crippen LogP contribution is -2.18. The topological polar surface area (TPSA) is 38.7 Å². The fraction of sp³-hybridized carbons (Fsp3) is 1.00. The number of aliphatic hydroxyl groups excluding tert-OH is 1. The molecule has 0 heterocycles. The van der Waals surface area contributed by atoms with Gasteiger partial charge < -0.3 is 14.6 Å². The molecule has 15 heavy (non-hydrogen) atoms. The molecule has 3 heteroatoms. The third-order valence-electron chi connectivity index (χ3n) is 2.18. The highest BCUT2D eigenvalue weighted by molar-refractivity contribution is 4.60. The molecule has 0 aliphatic rings. The lowest BCUT2D eigenvalue weighted by molar-refractivity contribution is 0.0167. The van der Waals surface area contributed by atoms with Crippen molar-refractivity contribution in [1.29, 1.82) is 0 Å². The van der Waals surface area contributed by atoms with Crippen molar-refractivity contribution in [1.82, 2.24) is 0 Å². The maximum atomic E-state index is 9.43. The minimum atomic E-state index is -0.389. The molecule has 0 aliphatic carbocycles. The predicted octanol–water partition coefficient (Wildman–Crippen LogP) is 2.23. The van der Waals surface area contributed by atoms with Crippen molar-refractivity contribution >= 4 is 0 Å². The van der Waals surface area contributed by atoms with Crippen LogP contribution in [0.1, 0.15) is 40.0 Å². The Hall–Kier alpha value is -0.120. The molecule has 0 bridgehead atoms. The molecule has 92 valence electrons. The maximum absolute atomic E-state index is 9.43. The van der Waals surface area contributed by atoms with Gasteiger partial charge in [0.2, 0.25) is 0 Å². The van der Waals surface area contributed by atoms with Crippen molar-refractivity contribution in [3.8, 4) is 0 Å². The number of ether oxygens (including phenoxy) is 2. The summed E-state index contributed by atoms with van der Waals surface area (Å²) in [6.07, 6.45) is 2.47. The van der Waals surface area contributed by atoms with Gasteiger partial charge in [-0.2, -0.15) is 0 Å². The van der Waals surface area contributed by atoms with Gasteiger partial charge in [0.1, 0.15) is 0 Å². The van der Waals surface area contributed by atoms with Gasteiger partial charge in [-0.1, -0.05) is 20.8 Å². The van der Waals surface area contributed by atoms with Gasteiger partial charge in [-0.05, 0) is 24.7 Å². The van der Waals surface area contributed by atoms with Crippen molar-refractivity contribution in [3.05, 3.63) is 0 Å². The van der Waals surface area contributed by atoms with Crippen LogP contribution in [-0.2, 0) is 9.47 Å². The number of rotatable bonds is 8. The van der Waals surface area contributed by atoms with E-state index in [0.29, 0.717) is 25.0 Å². The number of aliphatic hydroxyl groups is 1. The van der Waals surface area contributed by atoms with Gasteiger partial charge in [0, 0.05) is 20.3 Å². The van der Waals surface area contributed by atoms with E-state index < -0.39 is 0 Å². The van der Waals surface area contributed by atoms with Gasteiger partial charge in [-0.15, -0.1) is 0 Å². The molecule has 0 amide bonds. The maximum Gasteiger partial charge on any atom is 0.0795 e. The zero-order valence-corrected chi connectivity index (χ0v) is 10.6. The molecule has 0 aromatic carbocycles. The minimum Gasteiger partial charge on any atom is -0.391 e. The number of hydrogen-bond acceptors (Lipinski definition) is 3. The zero-order chi connectivity index (χ0) is 11.7. The van der Waals surface area contributed by atoms with Crippen molar-refractivity contribution in [2.45, 2.75) is 46.1 Å². The van der Waals surface area contributed by atoms with E-state index in [1.54, 1.807) is 7.11 Å². The molecule has 1 N–H and O–H groups in total. The molecule has 0 rings (SSSR count). The van der Waals surface area contributed by atoms with Crippen LogP contribution in [-0.4, -0.2) is 38.1 Å². The van der Waals surface area contributed by atoms with Crippen LogP contribution >= 0.6 is 0 Å². The Morgan fingerprint density at radius 1 is 1.20 bits per heavy atom. The molecule has 0 fully saturated rings. The van der Waals surface area contributed by atoms with Gasteiger partial charge in [0.25, 0.3) is 0 Å². The van der Waals surface area contributed by atoms with E-state index >= 15 is 0 Å². The number of hydrogen-bond donors (Lipinski definition) is 1. The Morgan fingerprint density at radius 3 is 2.40 bits per heavy atom. The largest absolute Gasteiger partial charge is 0.391 e. The van der Waals surface area contributed by atoms with Crippen LogP contribution in [0.15, 0.2) is 0 Å². The van der Waals surface area contributed by atoms with Crippen LogP contribution in [0.2, 0.25) is 0 Å². The summed E-state index contributed by atoms with van der Waals surface area (Å²) in [5, 5.41) is 9.43. The minimum absolute atomic E-state index is 0.373.